The van der Waals surface area contributed by atoms with E-state index in [1.165, 1.54) is 38.5 Å². The van der Waals surface area contributed by atoms with Gasteiger partial charge < -0.3 is 10.6 Å². The van der Waals surface area contributed by atoms with Gasteiger partial charge in [-0.15, -0.1) is 0 Å². The van der Waals surface area contributed by atoms with Gasteiger partial charge in [0.05, 0.1) is 6.54 Å². The van der Waals surface area contributed by atoms with E-state index in [0.29, 0.717) is 12.6 Å². The van der Waals surface area contributed by atoms with Gasteiger partial charge in [0.1, 0.15) is 0 Å². The Balaban J connectivity index is 2.01. The highest BCUT2D eigenvalue weighted by Gasteiger charge is 2.14. The van der Waals surface area contributed by atoms with E-state index in [-0.39, 0.29) is 5.91 Å². The van der Waals surface area contributed by atoms with Crippen molar-refractivity contribution in [2.75, 3.05) is 13.1 Å². The molecule has 1 amide bonds. The first kappa shape index (κ1) is 12.5. The molecule has 0 aliphatic heterocycles. The standard InChI is InChI=1S/C12H24N2O/c1-2-3-9-13-10-12(15)14-11-7-5-4-6-8-11/h11,13H,2-10H2,1H3,(H,14,15). The van der Waals surface area contributed by atoms with Crippen molar-refractivity contribution in [1.29, 1.82) is 0 Å². The van der Waals surface area contributed by atoms with Gasteiger partial charge in [0.15, 0.2) is 0 Å². The van der Waals surface area contributed by atoms with Gasteiger partial charge in [-0.05, 0) is 25.8 Å². The van der Waals surface area contributed by atoms with E-state index in [4.69, 9.17) is 0 Å². The lowest BCUT2D eigenvalue weighted by atomic mass is 9.95. The van der Waals surface area contributed by atoms with Crippen LogP contribution in [0, 0.1) is 0 Å². The van der Waals surface area contributed by atoms with Crippen molar-refractivity contribution in [3.8, 4) is 0 Å². The molecule has 0 spiro atoms. The first-order chi connectivity index (χ1) is 7.33. The molecular formula is C12H24N2O. The third-order valence-corrected chi connectivity index (χ3v) is 2.96. The molecule has 0 aromatic rings. The summed E-state index contributed by atoms with van der Waals surface area (Å²) >= 11 is 0. The molecule has 0 aromatic heterocycles. The molecule has 2 N–H and O–H groups in total. The van der Waals surface area contributed by atoms with Gasteiger partial charge in [-0.3, -0.25) is 4.79 Å². The van der Waals surface area contributed by atoms with Crippen LogP contribution in [0.2, 0.25) is 0 Å². The Kier molecular flexibility index (Phi) is 6.41. The molecule has 15 heavy (non-hydrogen) atoms. The topological polar surface area (TPSA) is 41.1 Å². The summed E-state index contributed by atoms with van der Waals surface area (Å²) in [5.41, 5.74) is 0. The molecule has 3 nitrogen and oxygen atoms in total. The van der Waals surface area contributed by atoms with Gasteiger partial charge in [-0.1, -0.05) is 32.6 Å². The van der Waals surface area contributed by atoms with E-state index in [9.17, 15) is 4.79 Å². The second-order valence-electron chi connectivity index (χ2n) is 4.43. The van der Waals surface area contributed by atoms with Crippen LogP contribution in [0.3, 0.4) is 0 Å². The van der Waals surface area contributed by atoms with Crippen molar-refractivity contribution in [2.45, 2.75) is 57.9 Å². The second kappa shape index (κ2) is 7.69. The molecule has 0 atom stereocenters. The molecule has 0 aromatic carbocycles. The van der Waals surface area contributed by atoms with Crippen molar-refractivity contribution in [3.63, 3.8) is 0 Å². The molecule has 1 fully saturated rings. The SMILES string of the molecule is CCCCNCC(=O)NC1CCCCC1. The Morgan fingerprint density at radius 3 is 2.67 bits per heavy atom. The van der Waals surface area contributed by atoms with Gasteiger partial charge in [0.2, 0.25) is 5.91 Å². The maximum Gasteiger partial charge on any atom is 0.234 e. The number of hydrogen-bond acceptors (Lipinski definition) is 2. The highest BCUT2D eigenvalue weighted by molar-refractivity contribution is 5.78. The van der Waals surface area contributed by atoms with E-state index in [0.717, 1.165) is 13.0 Å². The van der Waals surface area contributed by atoms with E-state index in [1.807, 2.05) is 0 Å². The van der Waals surface area contributed by atoms with E-state index < -0.39 is 0 Å². The fourth-order valence-electron chi connectivity index (χ4n) is 2.03. The van der Waals surface area contributed by atoms with E-state index in [2.05, 4.69) is 17.6 Å². The largest absolute Gasteiger partial charge is 0.352 e. The lowest BCUT2D eigenvalue weighted by molar-refractivity contribution is -0.121. The molecule has 0 heterocycles. The number of unbranched alkanes of at least 4 members (excludes halogenated alkanes) is 1. The smallest absolute Gasteiger partial charge is 0.234 e. The average Bonchev–Trinajstić information content (AvgIpc) is 2.26. The van der Waals surface area contributed by atoms with Crippen LogP contribution in [-0.4, -0.2) is 25.0 Å². The Morgan fingerprint density at radius 2 is 2.00 bits per heavy atom. The third kappa shape index (κ3) is 5.78. The van der Waals surface area contributed by atoms with Gasteiger partial charge in [0, 0.05) is 6.04 Å². The highest BCUT2D eigenvalue weighted by atomic mass is 16.1. The van der Waals surface area contributed by atoms with Gasteiger partial charge in [-0.2, -0.15) is 0 Å². The summed E-state index contributed by atoms with van der Waals surface area (Å²) in [6.07, 6.45) is 8.54. The molecule has 0 radical (unpaired) electrons. The van der Waals surface area contributed by atoms with Crippen molar-refractivity contribution in [2.24, 2.45) is 0 Å². The maximum atomic E-state index is 11.5. The molecule has 1 aliphatic carbocycles. The molecular weight excluding hydrogens is 188 g/mol. The number of nitrogens with one attached hydrogen (secondary N) is 2. The fourth-order valence-corrected chi connectivity index (χ4v) is 2.03. The lowest BCUT2D eigenvalue weighted by Crippen LogP contribution is -2.41. The molecule has 1 aliphatic rings. The maximum absolute atomic E-state index is 11.5. The Hall–Kier alpha value is -0.570. The summed E-state index contributed by atoms with van der Waals surface area (Å²) in [5.74, 6) is 0.165. The summed E-state index contributed by atoms with van der Waals surface area (Å²) in [4.78, 5) is 11.5. The van der Waals surface area contributed by atoms with Crippen LogP contribution in [0.15, 0.2) is 0 Å². The first-order valence-corrected chi connectivity index (χ1v) is 6.33. The van der Waals surface area contributed by atoms with Crippen LogP contribution < -0.4 is 10.6 Å². The number of amides is 1. The minimum Gasteiger partial charge on any atom is -0.352 e. The Labute approximate surface area is 93.0 Å². The normalized spacial score (nSPS) is 17.7. The Morgan fingerprint density at radius 1 is 1.27 bits per heavy atom. The zero-order valence-electron chi connectivity index (χ0n) is 9.85. The zero-order valence-corrected chi connectivity index (χ0v) is 9.85. The summed E-state index contributed by atoms with van der Waals surface area (Å²) in [6, 6.07) is 0.444. The van der Waals surface area contributed by atoms with Crippen molar-refractivity contribution in [1.82, 2.24) is 10.6 Å². The third-order valence-electron chi connectivity index (χ3n) is 2.96. The van der Waals surface area contributed by atoms with Crippen LogP contribution in [0.1, 0.15) is 51.9 Å². The van der Waals surface area contributed by atoms with Crippen LogP contribution in [0.25, 0.3) is 0 Å². The predicted molar refractivity (Wildman–Crippen MR) is 62.8 cm³/mol. The molecule has 0 unspecified atom stereocenters. The van der Waals surface area contributed by atoms with Gasteiger partial charge in [0.25, 0.3) is 0 Å². The average molecular weight is 212 g/mol. The lowest BCUT2D eigenvalue weighted by Gasteiger charge is -2.22. The number of carbonyl (C=O) groups is 1. The molecule has 1 saturated carbocycles. The minimum atomic E-state index is 0.165. The summed E-state index contributed by atoms with van der Waals surface area (Å²) in [5, 5.41) is 6.26. The molecule has 88 valence electrons. The van der Waals surface area contributed by atoms with E-state index >= 15 is 0 Å². The quantitative estimate of drug-likeness (QED) is 0.659. The predicted octanol–water partition coefficient (Wildman–Crippen LogP) is 1.82. The van der Waals surface area contributed by atoms with Crippen molar-refractivity contribution < 1.29 is 4.79 Å². The Bertz CT molecular complexity index is 176. The van der Waals surface area contributed by atoms with Crippen LogP contribution in [0.4, 0.5) is 0 Å². The fraction of sp³-hybridized carbons (Fsp3) is 0.917. The second-order valence-corrected chi connectivity index (χ2v) is 4.43. The monoisotopic (exact) mass is 212 g/mol. The molecule has 1 rings (SSSR count). The van der Waals surface area contributed by atoms with E-state index in [1.54, 1.807) is 0 Å². The number of carbonyl (C=O) groups excluding carboxylic acids is 1. The van der Waals surface area contributed by atoms with Crippen molar-refractivity contribution >= 4 is 5.91 Å². The molecule has 3 heteroatoms. The molecule has 0 bridgehead atoms. The van der Waals surface area contributed by atoms with Crippen LogP contribution in [0.5, 0.6) is 0 Å². The summed E-state index contributed by atoms with van der Waals surface area (Å²) < 4.78 is 0. The number of hydrogen-bond donors (Lipinski definition) is 2. The zero-order chi connectivity index (χ0) is 10.9. The van der Waals surface area contributed by atoms with Crippen molar-refractivity contribution in [3.05, 3.63) is 0 Å². The minimum absolute atomic E-state index is 0.165. The van der Waals surface area contributed by atoms with Gasteiger partial charge >= 0.3 is 0 Å². The van der Waals surface area contributed by atoms with Crippen LogP contribution >= 0.6 is 0 Å². The molecule has 0 saturated heterocycles. The summed E-state index contributed by atoms with van der Waals surface area (Å²) in [6.45, 7) is 3.59. The highest BCUT2D eigenvalue weighted by Crippen LogP contribution is 2.16. The van der Waals surface area contributed by atoms with Crippen LogP contribution in [-0.2, 0) is 4.79 Å². The summed E-state index contributed by atoms with van der Waals surface area (Å²) in [7, 11) is 0. The first-order valence-electron chi connectivity index (χ1n) is 6.33. The number of rotatable bonds is 6. The van der Waals surface area contributed by atoms with Gasteiger partial charge in [-0.25, -0.2) is 0 Å².